The fourth-order valence-electron chi connectivity index (χ4n) is 1.14. The minimum atomic E-state index is -1.08. The van der Waals surface area contributed by atoms with Crippen molar-refractivity contribution in [1.29, 1.82) is 0 Å². The average molecular weight is 202 g/mol. The second-order valence-electron chi connectivity index (χ2n) is 2.85. The third-order valence-electron chi connectivity index (χ3n) is 2.03. The number of methoxy groups -OCH3 is 2. The van der Waals surface area contributed by atoms with Crippen molar-refractivity contribution in [3.8, 4) is 0 Å². The molecule has 0 aliphatic carbocycles. The predicted molar refractivity (Wildman–Crippen MR) is 54.0 cm³/mol. The van der Waals surface area contributed by atoms with E-state index < -0.39 is 24.4 Å². The molecule has 0 aromatic rings. The summed E-state index contributed by atoms with van der Waals surface area (Å²) < 4.78 is 9.81. The summed E-state index contributed by atoms with van der Waals surface area (Å²) in [5, 5.41) is 19.3. The van der Waals surface area contributed by atoms with E-state index in [4.69, 9.17) is 9.47 Å². The van der Waals surface area contributed by atoms with Gasteiger partial charge in [0.2, 0.25) is 0 Å². The molecule has 14 heavy (non-hydrogen) atoms. The Bertz CT molecular complexity index is 161. The summed E-state index contributed by atoms with van der Waals surface area (Å²) in [6, 6.07) is 0. The molecule has 0 aromatic carbocycles. The third kappa shape index (κ3) is 3.23. The largest absolute Gasteiger partial charge is 0.387 e. The molecule has 0 spiro atoms. The van der Waals surface area contributed by atoms with Gasteiger partial charge in [-0.05, 0) is 0 Å². The van der Waals surface area contributed by atoms with Crippen LogP contribution in [0, 0.1) is 0 Å². The van der Waals surface area contributed by atoms with Crippen LogP contribution in [0.15, 0.2) is 25.3 Å². The van der Waals surface area contributed by atoms with Gasteiger partial charge in [-0.15, -0.1) is 13.2 Å². The van der Waals surface area contributed by atoms with Crippen LogP contribution in [0.2, 0.25) is 0 Å². The van der Waals surface area contributed by atoms with E-state index in [1.54, 1.807) is 0 Å². The summed E-state index contributed by atoms with van der Waals surface area (Å²) >= 11 is 0. The lowest BCUT2D eigenvalue weighted by Gasteiger charge is -2.27. The van der Waals surface area contributed by atoms with Crippen LogP contribution in [0.4, 0.5) is 0 Å². The molecule has 0 fully saturated rings. The molecule has 4 heteroatoms. The van der Waals surface area contributed by atoms with Gasteiger partial charge in [0.1, 0.15) is 24.4 Å². The summed E-state index contributed by atoms with van der Waals surface area (Å²) in [5.41, 5.74) is 0. The van der Waals surface area contributed by atoms with Crippen LogP contribution < -0.4 is 0 Å². The van der Waals surface area contributed by atoms with Crippen molar-refractivity contribution in [2.75, 3.05) is 14.2 Å². The van der Waals surface area contributed by atoms with Gasteiger partial charge in [0.05, 0.1) is 0 Å². The van der Waals surface area contributed by atoms with E-state index in [1.165, 1.54) is 26.4 Å². The normalized spacial score (nSPS) is 19.4. The second-order valence-corrected chi connectivity index (χ2v) is 2.85. The van der Waals surface area contributed by atoms with E-state index in [-0.39, 0.29) is 0 Å². The smallest absolute Gasteiger partial charge is 0.112 e. The van der Waals surface area contributed by atoms with Crippen molar-refractivity contribution in [3.63, 3.8) is 0 Å². The van der Waals surface area contributed by atoms with Gasteiger partial charge >= 0.3 is 0 Å². The Morgan fingerprint density at radius 2 is 1.21 bits per heavy atom. The summed E-state index contributed by atoms with van der Waals surface area (Å²) in [5.74, 6) is 0. The predicted octanol–water partition coefficient (Wildman–Crippen LogP) is 0.110. The Hall–Kier alpha value is -0.680. The molecule has 0 saturated heterocycles. The number of aliphatic hydroxyl groups excluding tert-OH is 2. The molecule has 2 N–H and O–H groups in total. The van der Waals surface area contributed by atoms with Crippen molar-refractivity contribution < 1.29 is 19.7 Å². The standard InChI is InChI=1S/C10H18O4/c1-5-7(13-3)9(11)10(12)8(6-2)14-4/h5-12H,1-2H2,3-4H3/t7-,8?,9-,10?/m0/s1. The maximum Gasteiger partial charge on any atom is 0.112 e. The van der Waals surface area contributed by atoms with Gasteiger partial charge in [-0.2, -0.15) is 0 Å². The summed E-state index contributed by atoms with van der Waals surface area (Å²) in [4.78, 5) is 0. The van der Waals surface area contributed by atoms with Crippen molar-refractivity contribution >= 4 is 0 Å². The van der Waals surface area contributed by atoms with Gasteiger partial charge in [-0.25, -0.2) is 0 Å². The first kappa shape index (κ1) is 13.3. The number of aliphatic hydroxyl groups is 2. The highest BCUT2D eigenvalue weighted by Crippen LogP contribution is 2.11. The molecule has 0 rings (SSSR count). The Labute approximate surface area is 84.5 Å². The Morgan fingerprint density at radius 1 is 0.929 bits per heavy atom. The summed E-state index contributed by atoms with van der Waals surface area (Å²) in [6.07, 6.45) is -0.570. The average Bonchev–Trinajstić information content (AvgIpc) is 2.21. The van der Waals surface area contributed by atoms with Gasteiger partial charge in [0.25, 0.3) is 0 Å². The zero-order valence-corrected chi connectivity index (χ0v) is 8.59. The molecule has 2 unspecified atom stereocenters. The first-order valence-corrected chi connectivity index (χ1v) is 4.29. The zero-order valence-electron chi connectivity index (χ0n) is 8.59. The van der Waals surface area contributed by atoms with Crippen LogP contribution in [0.1, 0.15) is 0 Å². The van der Waals surface area contributed by atoms with E-state index in [0.29, 0.717) is 0 Å². The minimum Gasteiger partial charge on any atom is -0.387 e. The van der Waals surface area contributed by atoms with Crippen molar-refractivity contribution in [1.82, 2.24) is 0 Å². The van der Waals surface area contributed by atoms with E-state index >= 15 is 0 Å². The molecular formula is C10H18O4. The summed E-state index contributed by atoms with van der Waals surface area (Å²) in [7, 11) is 2.86. The fraction of sp³-hybridized carbons (Fsp3) is 0.600. The van der Waals surface area contributed by atoms with Gasteiger partial charge in [0, 0.05) is 14.2 Å². The Morgan fingerprint density at radius 3 is 1.36 bits per heavy atom. The fourth-order valence-corrected chi connectivity index (χ4v) is 1.14. The molecule has 0 saturated carbocycles. The Balaban J connectivity index is 4.40. The molecule has 0 aromatic heterocycles. The van der Waals surface area contributed by atoms with E-state index in [0.717, 1.165) is 0 Å². The second kappa shape index (κ2) is 6.73. The van der Waals surface area contributed by atoms with Crippen LogP contribution in [0.25, 0.3) is 0 Å². The van der Waals surface area contributed by atoms with Crippen LogP contribution in [0.5, 0.6) is 0 Å². The highest BCUT2D eigenvalue weighted by atomic mass is 16.5. The van der Waals surface area contributed by atoms with Crippen molar-refractivity contribution in [2.24, 2.45) is 0 Å². The molecule has 0 radical (unpaired) electrons. The van der Waals surface area contributed by atoms with Crippen LogP contribution in [-0.2, 0) is 9.47 Å². The van der Waals surface area contributed by atoms with Crippen LogP contribution in [-0.4, -0.2) is 48.8 Å². The molecular weight excluding hydrogens is 184 g/mol. The number of hydrogen-bond donors (Lipinski definition) is 2. The topological polar surface area (TPSA) is 58.9 Å². The molecule has 0 aliphatic heterocycles. The lowest BCUT2D eigenvalue weighted by atomic mass is 10.0. The number of ether oxygens (including phenoxy) is 2. The van der Waals surface area contributed by atoms with Gasteiger partial charge < -0.3 is 19.7 Å². The molecule has 0 amide bonds. The maximum absolute atomic E-state index is 9.64. The molecule has 4 atom stereocenters. The van der Waals surface area contributed by atoms with Crippen LogP contribution >= 0.6 is 0 Å². The third-order valence-corrected chi connectivity index (χ3v) is 2.03. The molecule has 0 bridgehead atoms. The highest BCUT2D eigenvalue weighted by molar-refractivity contribution is 4.96. The molecule has 0 aliphatic rings. The minimum absolute atomic E-state index is 0.623. The SMILES string of the molecule is C=CC(OC)C(O)[C@@H](O)[C@H](C=C)OC. The van der Waals surface area contributed by atoms with Crippen LogP contribution in [0.3, 0.4) is 0 Å². The monoisotopic (exact) mass is 202 g/mol. The Kier molecular flexibility index (Phi) is 6.40. The number of rotatable bonds is 7. The molecule has 0 heterocycles. The number of hydrogen-bond acceptors (Lipinski definition) is 4. The van der Waals surface area contributed by atoms with E-state index in [9.17, 15) is 10.2 Å². The molecule has 4 nitrogen and oxygen atoms in total. The van der Waals surface area contributed by atoms with Gasteiger partial charge in [-0.1, -0.05) is 12.2 Å². The van der Waals surface area contributed by atoms with E-state index in [1.807, 2.05) is 0 Å². The van der Waals surface area contributed by atoms with Gasteiger partial charge in [0.15, 0.2) is 0 Å². The van der Waals surface area contributed by atoms with Crippen molar-refractivity contribution in [2.45, 2.75) is 24.4 Å². The maximum atomic E-state index is 9.64. The summed E-state index contributed by atoms with van der Waals surface area (Å²) in [6.45, 7) is 6.97. The lowest BCUT2D eigenvalue weighted by Crippen LogP contribution is -2.44. The van der Waals surface area contributed by atoms with E-state index in [2.05, 4.69) is 13.2 Å². The molecule has 82 valence electrons. The lowest BCUT2D eigenvalue weighted by molar-refractivity contribution is -0.0978. The highest BCUT2D eigenvalue weighted by Gasteiger charge is 2.29. The van der Waals surface area contributed by atoms with Gasteiger partial charge in [-0.3, -0.25) is 0 Å². The quantitative estimate of drug-likeness (QED) is 0.575. The van der Waals surface area contributed by atoms with Crippen molar-refractivity contribution in [3.05, 3.63) is 25.3 Å². The first-order valence-electron chi connectivity index (χ1n) is 4.29. The zero-order chi connectivity index (χ0) is 11.1. The first-order chi connectivity index (χ1) is 6.62.